The maximum atomic E-state index is 12.6. The highest BCUT2D eigenvalue weighted by Crippen LogP contribution is 2.43. The number of benzene rings is 1. The highest BCUT2D eigenvalue weighted by Gasteiger charge is 2.40. The van der Waals surface area contributed by atoms with Crippen LogP contribution in [-0.4, -0.2) is 22.3 Å². The summed E-state index contributed by atoms with van der Waals surface area (Å²) >= 11 is 12.3. The third kappa shape index (κ3) is 3.67. The minimum atomic E-state index is -0.592. The van der Waals surface area contributed by atoms with Gasteiger partial charge in [0, 0.05) is 30.8 Å². The first-order valence-corrected chi connectivity index (χ1v) is 8.57. The highest BCUT2D eigenvalue weighted by atomic mass is 35.5. The van der Waals surface area contributed by atoms with Crippen LogP contribution in [0.3, 0.4) is 0 Å². The van der Waals surface area contributed by atoms with Gasteiger partial charge in [0.05, 0.1) is 5.92 Å². The fourth-order valence-corrected chi connectivity index (χ4v) is 3.81. The smallest absolute Gasteiger partial charge is 0.224 e. The van der Waals surface area contributed by atoms with E-state index in [4.69, 9.17) is 23.2 Å². The van der Waals surface area contributed by atoms with E-state index in [1.807, 2.05) is 42.5 Å². The molecule has 0 saturated carbocycles. The topological polar surface area (TPSA) is 42.0 Å². The molecule has 0 radical (unpaired) electrons. The lowest BCUT2D eigenvalue weighted by molar-refractivity contribution is -0.125. The van der Waals surface area contributed by atoms with Crippen LogP contribution in [0.25, 0.3) is 0 Å². The van der Waals surface area contributed by atoms with Crippen molar-refractivity contribution in [2.24, 2.45) is 5.92 Å². The Hall–Kier alpha value is -1.58. The largest absolute Gasteiger partial charge is 0.355 e. The molecule has 2 aromatic rings. The number of amides is 1. The molecule has 1 aliphatic carbocycles. The van der Waals surface area contributed by atoms with Crippen molar-refractivity contribution in [2.75, 3.05) is 6.54 Å². The van der Waals surface area contributed by atoms with Crippen molar-refractivity contribution in [3.05, 3.63) is 65.5 Å². The molecule has 3 nitrogen and oxygen atoms in total. The summed E-state index contributed by atoms with van der Waals surface area (Å²) in [6.07, 6.45) is 3.15. The number of aromatic nitrogens is 1. The van der Waals surface area contributed by atoms with Crippen LogP contribution in [0.15, 0.2) is 48.7 Å². The zero-order valence-electron chi connectivity index (χ0n) is 12.6. The van der Waals surface area contributed by atoms with Crippen molar-refractivity contribution >= 4 is 29.1 Å². The molecule has 0 fully saturated rings. The standard InChI is InChI=1S/C18H18Cl2N2O/c19-17(20)16-14-7-2-1-5-12(14)11-15(16)18(23)22-10-8-13-6-3-4-9-21-13/h1-7,9,15-17H,8,10-11H2,(H,22,23)/t15-,16-/m1/s1. The summed E-state index contributed by atoms with van der Waals surface area (Å²) in [5.74, 6) is -0.353. The van der Waals surface area contributed by atoms with Crippen molar-refractivity contribution in [1.82, 2.24) is 10.3 Å². The van der Waals surface area contributed by atoms with E-state index in [1.54, 1.807) is 6.20 Å². The first kappa shape index (κ1) is 16.3. The van der Waals surface area contributed by atoms with Crippen molar-refractivity contribution in [3.63, 3.8) is 0 Å². The maximum Gasteiger partial charge on any atom is 0.224 e. The fourth-order valence-electron chi connectivity index (χ4n) is 3.18. The molecule has 1 aromatic heterocycles. The molecule has 1 aliphatic rings. The van der Waals surface area contributed by atoms with Crippen LogP contribution in [0.4, 0.5) is 0 Å². The number of hydrogen-bond donors (Lipinski definition) is 1. The van der Waals surface area contributed by atoms with Gasteiger partial charge >= 0.3 is 0 Å². The molecule has 120 valence electrons. The van der Waals surface area contributed by atoms with Crippen molar-refractivity contribution in [2.45, 2.75) is 23.6 Å². The Morgan fingerprint density at radius 1 is 1.22 bits per heavy atom. The monoisotopic (exact) mass is 348 g/mol. The highest BCUT2D eigenvalue weighted by molar-refractivity contribution is 6.45. The first-order valence-electron chi connectivity index (χ1n) is 7.70. The number of pyridine rings is 1. The Balaban J connectivity index is 1.63. The molecule has 2 atom stereocenters. The number of nitrogens with one attached hydrogen (secondary N) is 1. The van der Waals surface area contributed by atoms with E-state index in [0.717, 1.165) is 16.8 Å². The maximum absolute atomic E-state index is 12.6. The number of rotatable bonds is 5. The van der Waals surface area contributed by atoms with Gasteiger partial charge in [-0.3, -0.25) is 9.78 Å². The summed E-state index contributed by atoms with van der Waals surface area (Å²) in [4.78, 5) is 16.2. The van der Waals surface area contributed by atoms with Crippen LogP contribution >= 0.6 is 23.2 Å². The fraction of sp³-hybridized carbons (Fsp3) is 0.333. The molecule has 0 bridgehead atoms. The minimum Gasteiger partial charge on any atom is -0.355 e. The number of hydrogen-bond acceptors (Lipinski definition) is 2. The van der Waals surface area contributed by atoms with E-state index in [0.29, 0.717) is 19.4 Å². The van der Waals surface area contributed by atoms with Gasteiger partial charge in [-0.15, -0.1) is 23.2 Å². The predicted molar refractivity (Wildman–Crippen MR) is 92.8 cm³/mol. The Morgan fingerprint density at radius 2 is 2.00 bits per heavy atom. The lowest BCUT2D eigenvalue weighted by Crippen LogP contribution is -2.35. The van der Waals surface area contributed by atoms with Crippen molar-refractivity contribution in [1.29, 1.82) is 0 Å². The minimum absolute atomic E-state index is 0.00781. The Kier molecular flexibility index (Phi) is 5.19. The third-order valence-corrected chi connectivity index (χ3v) is 4.85. The normalized spacial score (nSPS) is 19.6. The molecule has 0 aliphatic heterocycles. The average molecular weight is 349 g/mol. The Morgan fingerprint density at radius 3 is 2.74 bits per heavy atom. The zero-order valence-corrected chi connectivity index (χ0v) is 14.1. The van der Waals surface area contributed by atoms with Crippen molar-refractivity contribution in [3.8, 4) is 0 Å². The molecule has 23 heavy (non-hydrogen) atoms. The first-order chi connectivity index (χ1) is 11.2. The van der Waals surface area contributed by atoms with E-state index in [2.05, 4.69) is 10.3 Å². The molecule has 3 rings (SSSR count). The van der Waals surface area contributed by atoms with E-state index >= 15 is 0 Å². The van der Waals surface area contributed by atoms with Gasteiger partial charge in [-0.25, -0.2) is 0 Å². The molecule has 0 saturated heterocycles. The second-order valence-corrected chi connectivity index (χ2v) is 6.90. The van der Waals surface area contributed by atoms with Crippen LogP contribution in [-0.2, 0) is 17.6 Å². The van der Waals surface area contributed by atoms with Crippen LogP contribution in [0.1, 0.15) is 22.7 Å². The summed E-state index contributed by atoms with van der Waals surface area (Å²) < 4.78 is 0. The van der Waals surface area contributed by atoms with E-state index in [1.165, 1.54) is 0 Å². The average Bonchev–Trinajstić information content (AvgIpc) is 2.95. The van der Waals surface area contributed by atoms with Gasteiger partial charge in [0.2, 0.25) is 5.91 Å². The molecule has 1 N–H and O–H groups in total. The van der Waals surface area contributed by atoms with Gasteiger partial charge in [0.1, 0.15) is 4.84 Å². The van der Waals surface area contributed by atoms with Gasteiger partial charge in [0.15, 0.2) is 0 Å². The molecule has 1 heterocycles. The number of fused-ring (bicyclic) bond motifs is 1. The summed E-state index contributed by atoms with van der Waals surface area (Å²) in [6.45, 7) is 0.560. The second kappa shape index (κ2) is 7.33. The van der Waals surface area contributed by atoms with Gasteiger partial charge in [-0.1, -0.05) is 30.3 Å². The van der Waals surface area contributed by atoms with E-state index < -0.39 is 4.84 Å². The number of halogens is 2. The molecule has 5 heteroatoms. The van der Waals surface area contributed by atoms with E-state index in [-0.39, 0.29) is 17.7 Å². The second-order valence-electron chi connectivity index (χ2n) is 5.73. The Bertz CT molecular complexity index is 676. The Labute approximate surface area is 146 Å². The van der Waals surface area contributed by atoms with Gasteiger partial charge in [-0.05, 0) is 29.7 Å². The van der Waals surface area contributed by atoms with Crippen LogP contribution in [0.2, 0.25) is 0 Å². The molecular weight excluding hydrogens is 331 g/mol. The lowest BCUT2D eigenvalue weighted by Gasteiger charge is -2.21. The molecule has 0 unspecified atom stereocenters. The third-order valence-electron chi connectivity index (χ3n) is 4.30. The number of carbonyl (C=O) groups excluding carboxylic acids is 1. The van der Waals surface area contributed by atoms with Crippen molar-refractivity contribution < 1.29 is 4.79 Å². The predicted octanol–water partition coefficient (Wildman–Crippen LogP) is 3.50. The quantitative estimate of drug-likeness (QED) is 0.840. The zero-order chi connectivity index (χ0) is 16.2. The number of alkyl halides is 2. The molecular formula is C18H18Cl2N2O. The van der Waals surface area contributed by atoms with E-state index in [9.17, 15) is 4.79 Å². The summed E-state index contributed by atoms with van der Waals surface area (Å²) in [6, 6.07) is 13.8. The van der Waals surface area contributed by atoms with Gasteiger partial charge in [-0.2, -0.15) is 0 Å². The van der Waals surface area contributed by atoms with Gasteiger partial charge < -0.3 is 5.32 Å². The summed E-state index contributed by atoms with van der Waals surface area (Å²) in [5.41, 5.74) is 3.22. The molecule has 1 amide bonds. The van der Waals surface area contributed by atoms with Crippen LogP contribution in [0, 0.1) is 5.92 Å². The van der Waals surface area contributed by atoms with Crippen LogP contribution in [0.5, 0.6) is 0 Å². The number of nitrogens with zero attached hydrogens (tertiary/aromatic N) is 1. The summed E-state index contributed by atoms with van der Waals surface area (Å²) in [5, 5.41) is 3.00. The summed E-state index contributed by atoms with van der Waals surface area (Å²) in [7, 11) is 0. The SMILES string of the molecule is O=C(NCCc1ccccn1)[C@@H]1Cc2ccccc2[C@H]1C(Cl)Cl. The molecule has 0 spiro atoms. The van der Waals surface area contributed by atoms with Crippen LogP contribution < -0.4 is 5.32 Å². The number of carbonyl (C=O) groups is 1. The lowest BCUT2D eigenvalue weighted by atomic mass is 9.93. The van der Waals surface area contributed by atoms with Gasteiger partial charge in [0.25, 0.3) is 0 Å². The molecule has 1 aromatic carbocycles.